The number of guanidine groups is 1. The van der Waals surface area contributed by atoms with E-state index < -0.39 is 21.7 Å². The van der Waals surface area contributed by atoms with E-state index in [0.717, 1.165) is 0 Å². The highest BCUT2D eigenvalue weighted by molar-refractivity contribution is 7.89. The third kappa shape index (κ3) is 5.88. The monoisotopic (exact) mass is 434 g/mol. The number of carbonyl (C=O) groups is 1. The minimum Gasteiger partial charge on any atom is -0.454 e. The van der Waals surface area contributed by atoms with Gasteiger partial charge in [0.25, 0.3) is 5.91 Å². The van der Waals surface area contributed by atoms with Crippen molar-refractivity contribution in [1.29, 1.82) is 0 Å². The van der Waals surface area contributed by atoms with Crippen LogP contribution in [0.5, 0.6) is 11.5 Å². The molecule has 0 spiro atoms. The van der Waals surface area contributed by atoms with Crippen molar-refractivity contribution in [2.24, 2.45) is 16.5 Å². The van der Waals surface area contributed by atoms with Crippen LogP contribution in [0.25, 0.3) is 6.08 Å². The first-order chi connectivity index (χ1) is 14.0. The number of benzene rings is 2. The van der Waals surface area contributed by atoms with Crippen molar-refractivity contribution < 1.29 is 22.3 Å². The van der Waals surface area contributed by atoms with Gasteiger partial charge in [-0.25, -0.2) is 17.5 Å². The Morgan fingerprint density at radius 1 is 1.23 bits per heavy atom. The number of rotatable bonds is 7. The zero-order valence-corrected chi connectivity index (χ0v) is 17.6. The van der Waals surface area contributed by atoms with Crippen molar-refractivity contribution in [1.82, 2.24) is 4.72 Å². The fourth-order valence-electron chi connectivity index (χ4n) is 2.57. The van der Waals surface area contributed by atoms with E-state index in [4.69, 9.17) is 16.2 Å². The molecule has 0 bridgehead atoms. The van der Waals surface area contributed by atoms with E-state index >= 15 is 0 Å². The molecular formula is C20H23FN4O4S. The van der Waals surface area contributed by atoms with Crippen LogP contribution in [0.1, 0.15) is 25.0 Å². The second-order valence-corrected chi connectivity index (χ2v) is 8.16. The minimum absolute atomic E-state index is 0.0114. The molecule has 30 heavy (non-hydrogen) atoms. The molecule has 0 unspecified atom stereocenters. The lowest BCUT2D eigenvalue weighted by Gasteiger charge is -2.12. The fourth-order valence-corrected chi connectivity index (χ4v) is 3.61. The maximum atomic E-state index is 14.6. The average molecular weight is 434 g/mol. The number of nitrogens with zero attached hydrogens (tertiary/aromatic N) is 1. The van der Waals surface area contributed by atoms with E-state index in [0.29, 0.717) is 11.1 Å². The molecule has 0 radical (unpaired) electrons. The van der Waals surface area contributed by atoms with Gasteiger partial charge in [0.2, 0.25) is 10.0 Å². The van der Waals surface area contributed by atoms with E-state index in [2.05, 4.69) is 9.71 Å². The van der Waals surface area contributed by atoms with Crippen LogP contribution < -0.4 is 20.9 Å². The van der Waals surface area contributed by atoms with Crippen LogP contribution in [0.2, 0.25) is 0 Å². The highest BCUT2D eigenvalue weighted by Crippen LogP contribution is 2.30. The van der Waals surface area contributed by atoms with Crippen LogP contribution in [0.15, 0.2) is 51.9 Å². The Morgan fingerprint density at radius 2 is 1.87 bits per heavy atom. The third-order valence-corrected chi connectivity index (χ3v) is 5.45. The highest BCUT2D eigenvalue weighted by Gasteiger charge is 2.14. The van der Waals surface area contributed by atoms with Crippen molar-refractivity contribution in [3.05, 3.63) is 58.9 Å². The molecule has 8 nitrogen and oxygen atoms in total. The van der Waals surface area contributed by atoms with Crippen LogP contribution in [-0.2, 0) is 14.8 Å². The van der Waals surface area contributed by atoms with Gasteiger partial charge in [0.05, 0.1) is 4.90 Å². The Balaban J connectivity index is 2.26. The SMILES string of the molecule is CCNS(=O)(=O)c1ccc(Oc2c(C)cc(/C=C(\C)C(=O)N=C(N)N)cc2F)cc1. The maximum Gasteiger partial charge on any atom is 0.275 e. The van der Waals surface area contributed by atoms with Crippen molar-refractivity contribution in [2.75, 3.05) is 6.54 Å². The molecule has 0 fully saturated rings. The number of nitrogens with one attached hydrogen (secondary N) is 1. The summed E-state index contributed by atoms with van der Waals surface area (Å²) in [5.74, 6) is -1.37. The van der Waals surface area contributed by atoms with E-state index in [1.807, 2.05) is 0 Å². The molecule has 5 N–H and O–H groups in total. The molecule has 2 rings (SSSR count). The van der Waals surface area contributed by atoms with Gasteiger partial charge >= 0.3 is 0 Å². The predicted molar refractivity (Wildman–Crippen MR) is 113 cm³/mol. The Labute approximate surface area is 174 Å². The van der Waals surface area contributed by atoms with Gasteiger partial charge in [-0.05, 0) is 67.4 Å². The van der Waals surface area contributed by atoms with Crippen LogP contribution in [0, 0.1) is 12.7 Å². The summed E-state index contributed by atoms with van der Waals surface area (Å²) in [6, 6.07) is 8.46. The molecule has 0 aromatic heterocycles. The molecule has 0 aliphatic rings. The first-order valence-electron chi connectivity index (χ1n) is 8.93. The second kappa shape index (κ2) is 9.51. The molecule has 0 heterocycles. The number of nitrogens with two attached hydrogens (primary N) is 2. The summed E-state index contributed by atoms with van der Waals surface area (Å²) in [4.78, 5) is 15.3. The number of ether oxygens (including phenoxy) is 1. The summed E-state index contributed by atoms with van der Waals surface area (Å²) < 4.78 is 46.6. The molecule has 2 aromatic rings. The van der Waals surface area contributed by atoms with Crippen molar-refractivity contribution >= 4 is 28.0 Å². The van der Waals surface area contributed by atoms with Gasteiger partial charge in [-0.15, -0.1) is 0 Å². The summed E-state index contributed by atoms with van der Waals surface area (Å²) in [7, 11) is -3.59. The highest BCUT2D eigenvalue weighted by atomic mass is 32.2. The van der Waals surface area contributed by atoms with Crippen molar-refractivity contribution in [3.63, 3.8) is 0 Å². The first kappa shape index (κ1) is 23.0. The Bertz CT molecular complexity index is 1080. The first-order valence-corrected chi connectivity index (χ1v) is 10.4. The lowest BCUT2D eigenvalue weighted by molar-refractivity contribution is -0.114. The average Bonchev–Trinajstić information content (AvgIpc) is 2.64. The summed E-state index contributed by atoms with van der Waals surface area (Å²) in [5.41, 5.74) is 11.5. The smallest absolute Gasteiger partial charge is 0.275 e. The Kier molecular flexibility index (Phi) is 7.30. The Morgan fingerprint density at radius 3 is 2.40 bits per heavy atom. The number of aryl methyl sites for hydroxylation is 1. The number of carbonyl (C=O) groups excluding carboxylic acids is 1. The van der Waals surface area contributed by atoms with E-state index in [9.17, 15) is 17.6 Å². The van der Waals surface area contributed by atoms with Gasteiger partial charge in [-0.1, -0.05) is 6.92 Å². The minimum atomic E-state index is -3.59. The standard InChI is InChI=1S/C20H23FN4O4S/c1-4-24-30(27,28)16-7-5-15(6-8-16)29-18-12(2)9-14(11-17(18)21)10-13(3)19(26)25-20(22)23/h5-11,24H,4H2,1-3H3,(H4,22,23,25,26)/b13-10+. The lowest BCUT2D eigenvalue weighted by Crippen LogP contribution is -2.24. The maximum absolute atomic E-state index is 14.6. The molecular weight excluding hydrogens is 411 g/mol. The number of aliphatic imine (C=N–C) groups is 1. The molecule has 0 aliphatic carbocycles. The number of halogens is 1. The normalized spacial score (nSPS) is 11.8. The molecule has 0 aliphatic heterocycles. The molecule has 0 atom stereocenters. The van der Waals surface area contributed by atoms with E-state index in [1.165, 1.54) is 43.3 Å². The topological polar surface area (TPSA) is 137 Å². The van der Waals surface area contributed by atoms with Gasteiger partial charge < -0.3 is 16.2 Å². The number of amides is 1. The molecule has 0 saturated carbocycles. The summed E-state index contributed by atoms with van der Waals surface area (Å²) in [5, 5.41) is 0. The van der Waals surface area contributed by atoms with Gasteiger partial charge in [0.1, 0.15) is 5.75 Å². The third-order valence-electron chi connectivity index (χ3n) is 3.89. The number of hydrogen-bond acceptors (Lipinski definition) is 4. The van der Waals surface area contributed by atoms with E-state index in [-0.39, 0.29) is 34.5 Å². The molecule has 10 heteroatoms. The molecule has 160 valence electrons. The van der Waals surface area contributed by atoms with Gasteiger partial charge in [-0.2, -0.15) is 4.99 Å². The lowest BCUT2D eigenvalue weighted by atomic mass is 10.1. The fraction of sp³-hybridized carbons (Fsp3) is 0.200. The molecule has 1 amide bonds. The molecule has 0 saturated heterocycles. The van der Waals surface area contributed by atoms with Crippen LogP contribution in [0.4, 0.5) is 4.39 Å². The quantitative estimate of drug-likeness (QED) is 0.348. The van der Waals surface area contributed by atoms with Crippen molar-refractivity contribution in [3.8, 4) is 11.5 Å². The summed E-state index contributed by atoms with van der Waals surface area (Å²) in [6.07, 6.45) is 1.45. The largest absolute Gasteiger partial charge is 0.454 e. The summed E-state index contributed by atoms with van der Waals surface area (Å²) in [6.45, 7) is 5.10. The van der Waals surface area contributed by atoms with Crippen LogP contribution >= 0.6 is 0 Å². The van der Waals surface area contributed by atoms with Gasteiger partial charge in [0.15, 0.2) is 17.5 Å². The van der Waals surface area contributed by atoms with Gasteiger partial charge in [0, 0.05) is 12.1 Å². The van der Waals surface area contributed by atoms with E-state index in [1.54, 1.807) is 19.9 Å². The predicted octanol–water partition coefficient (Wildman–Crippen LogP) is 2.43. The van der Waals surface area contributed by atoms with Crippen LogP contribution in [0.3, 0.4) is 0 Å². The zero-order valence-electron chi connectivity index (χ0n) is 16.8. The number of sulfonamides is 1. The second-order valence-electron chi connectivity index (χ2n) is 6.39. The summed E-state index contributed by atoms with van der Waals surface area (Å²) >= 11 is 0. The number of hydrogen-bond donors (Lipinski definition) is 3. The Hall–Kier alpha value is -3.24. The molecule has 2 aromatic carbocycles. The zero-order chi connectivity index (χ0) is 22.5. The van der Waals surface area contributed by atoms with Crippen molar-refractivity contribution in [2.45, 2.75) is 25.7 Å². The van der Waals surface area contributed by atoms with Gasteiger partial charge in [-0.3, -0.25) is 4.79 Å². The van der Waals surface area contributed by atoms with Crippen LogP contribution in [-0.4, -0.2) is 26.8 Å².